The molecule has 2 rings (SSSR count). The Morgan fingerprint density at radius 3 is 3.06 bits per heavy atom. The Kier molecular flexibility index (Phi) is 4.05. The normalized spacial score (nSPS) is 27.3. The first kappa shape index (κ1) is 13.5. The molecule has 98 valence electrons. The summed E-state index contributed by atoms with van der Waals surface area (Å²) in [6.07, 6.45) is 6.00. The zero-order chi connectivity index (χ0) is 13.2. The molecule has 1 aliphatic rings. The van der Waals surface area contributed by atoms with Gasteiger partial charge in [-0.05, 0) is 65.2 Å². The largest absolute Gasteiger partial charge is 0.481 e. The number of carboxylic acids is 1. The molecule has 0 spiro atoms. The highest BCUT2D eigenvalue weighted by Crippen LogP contribution is 2.49. The fourth-order valence-corrected chi connectivity index (χ4v) is 3.47. The van der Waals surface area contributed by atoms with Gasteiger partial charge in [0.25, 0.3) is 0 Å². The predicted molar refractivity (Wildman–Crippen MR) is 73.5 cm³/mol. The van der Waals surface area contributed by atoms with Crippen LogP contribution in [0.3, 0.4) is 0 Å². The van der Waals surface area contributed by atoms with Crippen molar-refractivity contribution in [3.63, 3.8) is 0 Å². The predicted octanol–water partition coefficient (Wildman–Crippen LogP) is 3.98. The third kappa shape index (κ3) is 2.58. The van der Waals surface area contributed by atoms with E-state index in [2.05, 4.69) is 27.8 Å². The molecule has 3 nitrogen and oxygen atoms in total. The molecule has 0 bridgehead atoms. The van der Waals surface area contributed by atoms with Crippen molar-refractivity contribution in [1.82, 2.24) is 4.98 Å². The van der Waals surface area contributed by atoms with Gasteiger partial charge < -0.3 is 5.11 Å². The van der Waals surface area contributed by atoms with Crippen molar-refractivity contribution in [3.8, 4) is 0 Å². The van der Waals surface area contributed by atoms with Gasteiger partial charge in [0.1, 0.15) is 4.60 Å². The van der Waals surface area contributed by atoms with E-state index in [-0.39, 0.29) is 0 Å². The Morgan fingerprint density at radius 2 is 2.44 bits per heavy atom. The number of hydrogen-bond donors (Lipinski definition) is 1. The maximum absolute atomic E-state index is 11.5. The van der Waals surface area contributed by atoms with Crippen LogP contribution in [0.1, 0.15) is 50.5 Å². The van der Waals surface area contributed by atoms with E-state index in [1.807, 2.05) is 12.1 Å². The minimum absolute atomic E-state index is 0.354. The molecule has 1 fully saturated rings. The molecule has 18 heavy (non-hydrogen) atoms. The fourth-order valence-electron chi connectivity index (χ4n) is 3.09. The third-order valence-corrected chi connectivity index (χ3v) is 4.45. The average molecular weight is 312 g/mol. The molecule has 0 radical (unpaired) electrons. The van der Waals surface area contributed by atoms with Crippen molar-refractivity contribution in [2.75, 3.05) is 0 Å². The van der Waals surface area contributed by atoms with E-state index in [0.717, 1.165) is 36.7 Å². The van der Waals surface area contributed by atoms with Crippen molar-refractivity contribution in [3.05, 3.63) is 28.5 Å². The first-order valence-electron chi connectivity index (χ1n) is 6.42. The van der Waals surface area contributed by atoms with Gasteiger partial charge in [-0.2, -0.15) is 0 Å². The number of hydrogen-bond acceptors (Lipinski definition) is 2. The molecule has 0 unspecified atom stereocenters. The number of halogens is 1. The molecule has 1 N–H and O–H groups in total. The maximum Gasteiger partial charge on any atom is 0.309 e. The van der Waals surface area contributed by atoms with Gasteiger partial charge in [-0.1, -0.05) is 13.3 Å². The summed E-state index contributed by atoms with van der Waals surface area (Å²) in [5, 5.41) is 9.49. The van der Waals surface area contributed by atoms with Crippen LogP contribution in [0.2, 0.25) is 0 Å². The molecule has 1 aromatic heterocycles. The molecule has 1 heterocycles. The number of rotatable bonds is 4. The van der Waals surface area contributed by atoms with Crippen LogP contribution in [-0.2, 0) is 4.79 Å². The van der Waals surface area contributed by atoms with Gasteiger partial charge in [0.15, 0.2) is 0 Å². The first-order valence-corrected chi connectivity index (χ1v) is 7.21. The Morgan fingerprint density at radius 1 is 1.67 bits per heavy atom. The summed E-state index contributed by atoms with van der Waals surface area (Å²) in [5.41, 5.74) is 0.700. The number of nitrogens with zero attached hydrogens (tertiary/aromatic N) is 1. The fraction of sp³-hybridized carbons (Fsp3) is 0.571. The van der Waals surface area contributed by atoms with Crippen LogP contribution in [0.5, 0.6) is 0 Å². The van der Waals surface area contributed by atoms with Crippen LogP contribution >= 0.6 is 15.9 Å². The lowest BCUT2D eigenvalue weighted by molar-refractivity contribution is -0.149. The van der Waals surface area contributed by atoms with Crippen LogP contribution in [0.25, 0.3) is 0 Å². The van der Waals surface area contributed by atoms with Gasteiger partial charge in [-0.15, -0.1) is 0 Å². The lowest BCUT2D eigenvalue weighted by atomic mass is 9.80. The number of aliphatic carboxylic acids is 1. The first-order chi connectivity index (χ1) is 8.57. The zero-order valence-corrected chi connectivity index (χ0v) is 12.1. The van der Waals surface area contributed by atoms with Crippen molar-refractivity contribution < 1.29 is 9.90 Å². The Labute approximate surface area is 116 Å². The Hall–Kier alpha value is -0.900. The second-order valence-corrected chi connectivity index (χ2v) is 6.00. The summed E-state index contributed by atoms with van der Waals surface area (Å²) in [6, 6.07) is 4.01. The minimum Gasteiger partial charge on any atom is -0.481 e. The van der Waals surface area contributed by atoms with Crippen molar-refractivity contribution in [1.29, 1.82) is 0 Å². The Bertz CT molecular complexity index is 449. The second-order valence-electron chi connectivity index (χ2n) is 5.19. The molecule has 1 aliphatic carbocycles. The Balaban J connectivity index is 2.18. The highest BCUT2D eigenvalue weighted by molar-refractivity contribution is 9.10. The molecular formula is C14H18BrNO2. The number of carbonyl (C=O) groups is 1. The number of carboxylic acid groups (broad SMARTS) is 1. The maximum atomic E-state index is 11.5. The van der Waals surface area contributed by atoms with E-state index < -0.39 is 11.4 Å². The molecule has 0 amide bonds. The lowest BCUT2D eigenvalue weighted by Crippen LogP contribution is -2.27. The smallest absolute Gasteiger partial charge is 0.309 e. The minimum atomic E-state index is -0.625. The molecule has 0 aromatic carbocycles. The number of aromatic nitrogens is 1. The highest BCUT2D eigenvalue weighted by atomic mass is 79.9. The summed E-state index contributed by atoms with van der Waals surface area (Å²) in [4.78, 5) is 15.7. The van der Waals surface area contributed by atoms with Crippen molar-refractivity contribution >= 4 is 21.9 Å². The lowest BCUT2D eigenvalue weighted by Gasteiger charge is -2.23. The number of pyridine rings is 1. The van der Waals surface area contributed by atoms with E-state index in [1.165, 1.54) is 5.56 Å². The van der Waals surface area contributed by atoms with E-state index in [4.69, 9.17) is 0 Å². The standard InChI is InChI=1S/C14H18BrNO2/c1-2-5-14(13(17)18)6-3-11(9-14)10-4-7-16-12(15)8-10/h4,7-8,11H,2-3,5-6,9H2,1H3,(H,17,18)/t11-,14+/m0/s1. The molecule has 0 aliphatic heterocycles. The van der Waals surface area contributed by atoms with Crippen LogP contribution < -0.4 is 0 Å². The molecule has 4 heteroatoms. The topological polar surface area (TPSA) is 50.2 Å². The summed E-state index contributed by atoms with van der Waals surface area (Å²) in [6.45, 7) is 2.06. The summed E-state index contributed by atoms with van der Waals surface area (Å²) >= 11 is 3.37. The molecule has 1 saturated carbocycles. The molecule has 2 atom stereocenters. The SMILES string of the molecule is CCC[C@@]1(C(=O)O)CC[C@H](c2ccnc(Br)c2)C1. The zero-order valence-electron chi connectivity index (χ0n) is 10.5. The quantitative estimate of drug-likeness (QED) is 0.856. The van der Waals surface area contributed by atoms with Crippen molar-refractivity contribution in [2.45, 2.75) is 44.9 Å². The monoisotopic (exact) mass is 311 g/mol. The summed E-state index contributed by atoms with van der Waals surface area (Å²) in [7, 11) is 0. The summed E-state index contributed by atoms with van der Waals surface area (Å²) in [5.74, 6) is -0.271. The average Bonchev–Trinajstić information content (AvgIpc) is 2.75. The van der Waals surface area contributed by atoms with Gasteiger partial charge in [0.2, 0.25) is 0 Å². The van der Waals surface area contributed by atoms with Crippen molar-refractivity contribution in [2.24, 2.45) is 5.41 Å². The molecule has 1 aromatic rings. The van der Waals surface area contributed by atoms with Gasteiger partial charge >= 0.3 is 5.97 Å². The van der Waals surface area contributed by atoms with Crippen LogP contribution in [0.4, 0.5) is 0 Å². The van der Waals surface area contributed by atoms with E-state index in [9.17, 15) is 9.90 Å². The summed E-state index contributed by atoms with van der Waals surface area (Å²) < 4.78 is 0.823. The van der Waals surface area contributed by atoms with E-state index in [1.54, 1.807) is 6.20 Å². The molecule has 0 saturated heterocycles. The second kappa shape index (κ2) is 5.39. The van der Waals surface area contributed by atoms with Crippen LogP contribution in [-0.4, -0.2) is 16.1 Å². The highest BCUT2D eigenvalue weighted by Gasteiger charge is 2.44. The van der Waals surface area contributed by atoms with Gasteiger partial charge in [0, 0.05) is 6.20 Å². The van der Waals surface area contributed by atoms with Crippen LogP contribution in [0, 0.1) is 5.41 Å². The van der Waals surface area contributed by atoms with E-state index >= 15 is 0 Å². The van der Waals surface area contributed by atoms with Gasteiger partial charge in [-0.25, -0.2) is 4.98 Å². The van der Waals surface area contributed by atoms with E-state index in [0.29, 0.717) is 5.92 Å². The molecular weight excluding hydrogens is 294 g/mol. The van der Waals surface area contributed by atoms with Gasteiger partial charge in [-0.3, -0.25) is 4.79 Å². The van der Waals surface area contributed by atoms with Gasteiger partial charge in [0.05, 0.1) is 5.41 Å². The van der Waals surface area contributed by atoms with Crippen LogP contribution in [0.15, 0.2) is 22.9 Å². The third-order valence-electron chi connectivity index (χ3n) is 4.01.